The SMILES string of the molecule is Nc1nc(NCc2cccc3c2cnn3C2CCCCO2)ncc1-c1cc(C2CC2)[nH]n1. The Balaban J connectivity index is 1.19. The molecule has 1 atom stereocenters. The topological polar surface area (TPSA) is 120 Å². The Labute approximate surface area is 185 Å². The van der Waals surface area contributed by atoms with E-state index in [2.05, 4.69) is 42.7 Å². The fourth-order valence-electron chi connectivity index (χ4n) is 4.36. The van der Waals surface area contributed by atoms with Crippen molar-refractivity contribution in [2.24, 2.45) is 0 Å². The molecule has 2 fully saturated rings. The van der Waals surface area contributed by atoms with Gasteiger partial charge >= 0.3 is 0 Å². The third-order valence-corrected chi connectivity index (χ3v) is 6.31. The summed E-state index contributed by atoms with van der Waals surface area (Å²) in [6, 6.07) is 8.28. The number of rotatable bonds is 6. The van der Waals surface area contributed by atoms with Crippen LogP contribution >= 0.6 is 0 Å². The summed E-state index contributed by atoms with van der Waals surface area (Å²) in [5, 5.41) is 16.5. The van der Waals surface area contributed by atoms with Crippen molar-refractivity contribution in [3.05, 3.63) is 47.9 Å². The number of hydrogen-bond acceptors (Lipinski definition) is 7. The molecule has 3 aromatic heterocycles. The number of nitrogens with zero attached hydrogens (tertiary/aromatic N) is 5. The second-order valence-electron chi connectivity index (χ2n) is 8.59. The first-order valence-electron chi connectivity index (χ1n) is 11.2. The van der Waals surface area contributed by atoms with Crippen molar-refractivity contribution in [3.63, 3.8) is 0 Å². The van der Waals surface area contributed by atoms with E-state index in [0.29, 0.717) is 24.2 Å². The van der Waals surface area contributed by atoms with Crippen molar-refractivity contribution in [1.29, 1.82) is 0 Å². The van der Waals surface area contributed by atoms with Crippen molar-refractivity contribution < 1.29 is 4.74 Å². The van der Waals surface area contributed by atoms with E-state index in [1.165, 1.54) is 19.3 Å². The third kappa shape index (κ3) is 3.58. The number of fused-ring (bicyclic) bond motifs is 1. The van der Waals surface area contributed by atoms with Crippen LogP contribution in [0.15, 0.2) is 36.7 Å². The Morgan fingerprint density at radius 3 is 2.94 bits per heavy atom. The van der Waals surface area contributed by atoms with Gasteiger partial charge in [0.25, 0.3) is 0 Å². The highest BCUT2D eigenvalue weighted by Crippen LogP contribution is 2.40. The fourth-order valence-corrected chi connectivity index (χ4v) is 4.36. The van der Waals surface area contributed by atoms with Gasteiger partial charge in [0.1, 0.15) is 5.82 Å². The number of ether oxygens (including phenoxy) is 1. The van der Waals surface area contributed by atoms with Crippen LogP contribution in [0.5, 0.6) is 0 Å². The van der Waals surface area contributed by atoms with Crippen LogP contribution in [-0.2, 0) is 11.3 Å². The fraction of sp³-hybridized carbons (Fsp3) is 0.391. The highest BCUT2D eigenvalue weighted by Gasteiger charge is 2.26. The molecule has 4 heterocycles. The van der Waals surface area contributed by atoms with E-state index in [-0.39, 0.29) is 6.23 Å². The van der Waals surface area contributed by atoms with Gasteiger partial charge in [0, 0.05) is 36.3 Å². The van der Waals surface area contributed by atoms with E-state index in [0.717, 1.165) is 52.9 Å². The summed E-state index contributed by atoms with van der Waals surface area (Å²) >= 11 is 0. The van der Waals surface area contributed by atoms with Gasteiger partial charge in [-0.1, -0.05) is 12.1 Å². The summed E-state index contributed by atoms with van der Waals surface area (Å²) in [4.78, 5) is 8.92. The van der Waals surface area contributed by atoms with E-state index in [9.17, 15) is 0 Å². The second-order valence-corrected chi connectivity index (χ2v) is 8.59. The van der Waals surface area contributed by atoms with Gasteiger partial charge in [0.15, 0.2) is 6.23 Å². The first-order chi connectivity index (χ1) is 15.8. The van der Waals surface area contributed by atoms with Crippen LogP contribution in [-0.4, -0.2) is 36.6 Å². The van der Waals surface area contributed by atoms with Gasteiger partial charge in [0.05, 0.1) is 23.0 Å². The van der Waals surface area contributed by atoms with E-state index in [4.69, 9.17) is 10.5 Å². The normalized spacial score (nSPS) is 18.8. The minimum Gasteiger partial charge on any atom is -0.383 e. The highest BCUT2D eigenvalue weighted by atomic mass is 16.5. The maximum atomic E-state index is 6.23. The minimum atomic E-state index is 0.0163. The number of hydrogen-bond donors (Lipinski definition) is 3. The maximum Gasteiger partial charge on any atom is 0.224 e. The van der Waals surface area contributed by atoms with Gasteiger partial charge < -0.3 is 15.8 Å². The van der Waals surface area contributed by atoms with Gasteiger partial charge in [-0.3, -0.25) is 5.10 Å². The lowest BCUT2D eigenvalue weighted by Gasteiger charge is -2.23. The molecule has 6 rings (SSSR count). The molecule has 9 heteroatoms. The van der Waals surface area contributed by atoms with Crippen molar-refractivity contribution in [2.45, 2.75) is 50.8 Å². The first-order valence-corrected chi connectivity index (χ1v) is 11.2. The molecule has 1 saturated heterocycles. The van der Waals surface area contributed by atoms with Crippen molar-refractivity contribution in [1.82, 2.24) is 29.9 Å². The molecule has 32 heavy (non-hydrogen) atoms. The van der Waals surface area contributed by atoms with Crippen LogP contribution in [0.4, 0.5) is 11.8 Å². The molecule has 9 nitrogen and oxygen atoms in total. The number of nitrogens with two attached hydrogens (primary N) is 1. The Morgan fingerprint density at radius 2 is 2.12 bits per heavy atom. The van der Waals surface area contributed by atoms with Gasteiger partial charge in [-0.2, -0.15) is 15.2 Å². The Hall–Kier alpha value is -3.46. The summed E-state index contributed by atoms with van der Waals surface area (Å²) in [7, 11) is 0. The van der Waals surface area contributed by atoms with Crippen LogP contribution in [0.25, 0.3) is 22.2 Å². The first kappa shape index (κ1) is 19.2. The molecule has 0 spiro atoms. The number of benzene rings is 1. The van der Waals surface area contributed by atoms with Gasteiger partial charge in [-0.15, -0.1) is 0 Å². The second kappa shape index (κ2) is 7.90. The molecule has 1 aliphatic carbocycles. The zero-order chi connectivity index (χ0) is 21.5. The molecule has 4 N–H and O–H groups in total. The zero-order valence-corrected chi connectivity index (χ0v) is 17.8. The molecule has 1 aliphatic heterocycles. The smallest absolute Gasteiger partial charge is 0.224 e. The molecule has 1 unspecified atom stereocenters. The molecule has 0 amide bonds. The molecule has 2 aliphatic rings. The lowest BCUT2D eigenvalue weighted by Crippen LogP contribution is -2.18. The Morgan fingerprint density at radius 1 is 1.19 bits per heavy atom. The molecular weight excluding hydrogens is 404 g/mol. The van der Waals surface area contributed by atoms with Gasteiger partial charge in [-0.25, -0.2) is 9.67 Å². The molecule has 1 saturated carbocycles. The summed E-state index contributed by atoms with van der Waals surface area (Å²) in [5.41, 5.74) is 11.1. The van der Waals surface area contributed by atoms with Crippen LogP contribution in [0.1, 0.15) is 55.5 Å². The average molecular weight is 431 g/mol. The van der Waals surface area contributed by atoms with E-state index in [1.54, 1.807) is 6.20 Å². The number of nitrogens with one attached hydrogen (secondary N) is 2. The zero-order valence-electron chi connectivity index (χ0n) is 17.8. The summed E-state index contributed by atoms with van der Waals surface area (Å²) in [5.74, 6) is 1.51. The number of aromatic amines is 1. The number of anilines is 2. The summed E-state index contributed by atoms with van der Waals surface area (Å²) in [6.07, 6.45) is 9.38. The number of aromatic nitrogens is 6. The predicted octanol–water partition coefficient (Wildman–Crippen LogP) is 3.99. The van der Waals surface area contributed by atoms with Crippen LogP contribution < -0.4 is 11.1 Å². The summed E-state index contributed by atoms with van der Waals surface area (Å²) < 4.78 is 7.92. The average Bonchev–Trinajstić information content (AvgIpc) is 3.39. The monoisotopic (exact) mass is 430 g/mol. The van der Waals surface area contributed by atoms with Crippen LogP contribution in [0.3, 0.4) is 0 Å². The Bertz CT molecular complexity index is 1250. The van der Waals surface area contributed by atoms with Crippen molar-refractivity contribution in [2.75, 3.05) is 17.7 Å². The third-order valence-electron chi connectivity index (χ3n) is 6.31. The molecule has 164 valence electrons. The minimum absolute atomic E-state index is 0.0163. The van der Waals surface area contributed by atoms with Crippen LogP contribution in [0, 0.1) is 0 Å². The quantitative estimate of drug-likeness (QED) is 0.423. The maximum absolute atomic E-state index is 6.23. The number of H-pyrrole nitrogens is 1. The molecule has 0 radical (unpaired) electrons. The van der Waals surface area contributed by atoms with E-state index >= 15 is 0 Å². The summed E-state index contributed by atoms with van der Waals surface area (Å²) in [6.45, 7) is 1.36. The van der Waals surface area contributed by atoms with E-state index in [1.807, 2.05) is 23.0 Å². The molecule has 4 aromatic rings. The molecule has 0 bridgehead atoms. The predicted molar refractivity (Wildman–Crippen MR) is 122 cm³/mol. The van der Waals surface area contributed by atoms with Gasteiger partial charge in [0.2, 0.25) is 5.95 Å². The molecule has 1 aromatic carbocycles. The standard InChI is InChI=1S/C23H26N8O/c24-22-17(19-10-18(29-30-19)14-7-8-14)12-26-23(28-22)25-11-15-4-3-5-20-16(15)13-27-31(20)21-6-1-2-9-32-21/h3-5,10,12-14,21H,1-2,6-9,11H2,(H,29,30)(H3,24,25,26,28). The molecular formula is C23H26N8O. The number of nitrogen functional groups attached to an aromatic ring is 1. The largest absolute Gasteiger partial charge is 0.383 e. The highest BCUT2D eigenvalue weighted by molar-refractivity contribution is 5.82. The van der Waals surface area contributed by atoms with Crippen molar-refractivity contribution in [3.8, 4) is 11.3 Å². The lowest BCUT2D eigenvalue weighted by atomic mass is 10.1. The Kier molecular flexibility index (Phi) is 4.75. The van der Waals surface area contributed by atoms with Crippen LogP contribution in [0.2, 0.25) is 0 Å². The lowest BCUT2D eigenvalue weighted by molar-refractivity contribution is -0.0366. The van der Waals surface area contributed by atoms with Crippen molar-refractivity contribution >= 4 is 22.7 Å². The van der Waals surface area contributed by atoms with E-state index < -0.39 is 0 Å². The van der Waals surface area contributed by atoms with Gasteiger partial charge in [-0.05, 0) is 49.8 Å².